The van der Waals surface area contributed by atoms with Crippen LogP contribution in [0.1, 0.15) is 18.1 Å². The summed E-state index contributed by atoms with van der Waals surface area (Å²) in [5.41, 5.74) is 3.80. The molecule has 0 saturated carbocycles. The number of aromatic nitrogens is 1. The first-order valence-electron chi connectivity index (χ1n) is 9.32. The Morgan fingerprint density at radius 1 is 1.14 bits per heavy atom. The molecule has 0 saturated heterocycles. The van der Waals surface area contributed by atoms with E-state index < -0.39 is 5.54 Å². The van der Waals surface area contributed by atoms with Gasteiger partial charge in [-0.1, -0.05) is 30.3 Å². The Morgan fingerprint density at radius 2 is 1.96 bits per heavy atom. The highest BCUT2D eigenvalue weighted by molar-refractivity contribution is 5.88. The van der Waals surface area contributed by atoms with Gasteiger partial charge in [0.15, 0.2) is 0 Å². The van der Waals surface area contributed by atoms with Gasteiger partial charge in [-0.15, -0.1) is 0 Å². The van der Waals surface area contributed by atoms with E-state index in [0.29, 0.717) is 18.1 Å². The maximum absolute atomic E-state index is 10.1. The Morgan fingerprint density at radius 3 is 2.71 bits per heavy atom. The maximum Gasteiger partial charge on any atom is 0.208 e. The molecule has 4 rings (SSSR count). The van der Waals surface area contributed by atoms with Crippen LogP contribution >= 0.6 is 0 Å². The molecule has 0 bridgehead atoms. The smallest absolute Gasteiger partial charge is 0.208 e. The summed E-state index contributed by atoms with van der Waals surface area (Å²) in [6, 6.07) is 18.5. The van der Waals surface area contributed by atoms with Crippen LogP contribution < -0.4 is 10.6 Å². The molecule has 5 nitrogen and oxygen atoms in total. The molecule has 3 aromatic rings. The fourth-order valence-corrected chi connectivity index (χ4v) is 3.72. The zero-order valence-electron chi connectivity index (χ0n) is 15.9. The first-order chi connectivity index (χ1) is 13.7. The predicted molar refractivity (Wildman–Crippen MR) is 111 cm³/mol. The molecule has 5 heteroatoms. The fraction of sp³-hybridized carbons (Fsp3) is 0.174. The van der Waals surface area contributed by atoms with Crippen LogP contribution in [-0.2, 0) is 10.3 Å². The number of nitrogens with one attached hydrogen (secondary N) is 3. The first-order valence-corrected chi connectivity index (χ1v) is 9.32. The van der Waals surface area contributed by atoms with Gasteiger partial charge >= 0.3 is 0 Å². The molecule has 3 N–H and O–H groups in total. The quantitative estimate of drug-likeness (QED) is 0.610. The van der Waals surface area contributed by atoms with Crippen molar-refractivity contribution in [3.63, 3.8) is 0 Å². The largest absolute Gasteiger partial charge is 0.478 e. The number of dihydropyridines is 1. The van der Waals surface area contributed by atoms with Gasteiger partial charge < -0.3 is 20.4 Å². The van der Waals surface area contributed by atoms with E-state index in [-0.39, 0.29) is 0 Å². The van der Waals surface area contributed by atoms with Crippen molar-refractivity contribution in [1.82, 2.24) is 10.3 Å². The number of aryl methyl sites for hydroxylation is 1. The summed E-state index contributed by atoms with van der Waals surface area (Å²) < 4.78 is 5.74. The van der Waals surface area contributed by atoms with Gasteiger partial charge in [0.05, 0.1) is 6.61 Å². The zero-order chi connectivity index (χ0) is 19.6. The summed E-state index contributed by atoms with van der Waals surface area (Å²) in [5, 5.41) is 17.9. The summed E-state index contributed by atoms with van der Waals surface area (Å²) >= 11 is 0. The Labute approximate surface area is 164 Å². The third-order valence-electron chi connectivity index (χ3n) is 5.13. The van der Waals surface area contributed by atoms with Gasteiger partial charge in [0.2, 0.25) is 5.88 Å². The lowest BCUT2D eigenvalue weighted by Gasteiger charge is -2.36. The third-order valence-corrected chi connectivity index (χ3v) is 5.13. The molecule has 2 aromatic carbocycles. The normalized spacial score (nSPS) is 18.6. The molecule has 0 spiro atoms. The lowest BCUT2D eigenvalue weighted by Crippen LogP contribution is -2.40. The van der Waals surface area contributed by atoms with E-state index in [2.05, 4.69) is 34.7 Å². The molecule has 0 aliphatic carbocycles. The predicted octanol–water partition coefficient (Wildman–Crippen LogP) is 4.67. The molecule has 1 aliphatic heterocycles. The Hall–Kier alpha value is -3.65. The lowest BCUT2D eigenvalue weighted by atomic mass is 9.81. The van der Waals surface area contributed by atoms with Crippen LogP contribution in [0.25, 0.3) is 10.9 Å². The van der Waals surface area contributed by atoms with Crippen molar-refractivity contribution in [3.8, 4) is 6.07 Å². The second kappa shape index (κ2) is 7.16. The Kier molecular flexibility index (Phi) is 4.54. The Balaban J connectivity index is 1.91. The summed E-state index contributed by atoms with van der Waals surface area (Å²) in [5.74, 6) is 0.476. The first kappa shape index (κ1) is 17.7. The number of ether oxygens (including phenoxy) is 1. The topological polar surface area (TPSA) is 72.9 Å². The van der Waals surface area contributed by atoms with E-state index in [1.807, 2.05) is 67.9 Å². The van der Waals surface area contributed by atoms with E-state index in [1.54, 1.807) is 0 Å². The molecule has 140 valence electrons. The molecular formula is C23H22N4O. The van der Waals surface area contributed by atoms with E-state index in [9.17, 15) is 5.26 Å². The van der Waals surface area contributed by atoms with Crippen LogP contribution in [0.3, 0.4) is 0 Å². The zero-order valence-corrected chi connectivity index (χ0v) is 15.9. The number of aromatic amines is 1. The van der Waals surface area contributed by atoms with Gasteiger partial charge in [-0.25, -0.2) is 0 Å². The molecule has 2 heterocycles. The van der Waals surface area contributed by atoms with Crippen LogP contribution in [0, 0.1) is 18.3 Å². The second-order valence-electron chi connectivity index (χ2n) is 6.70. The minimum absolute atomic E-state index is 0.473. The molecule has 0 amide bonds. The minimum Gasteiger partial charge on any atom is -0.478 e. The van der Waals surface area contributed by atoms with Crippen LogP contribution in [0.5, 0.6) is 0 Å². The van der Waals surface area contributed by atoms with Gasteiger partial charge in [0, 0.05) is 29.0 Å². The summed E-state index contributed by atoms with van der Waals surface area (Å²) in [6.07, 6.45) is 5.74. The standard InChI is InChI=1S/C23H22N4O/c1-3-28-22-19(15-24)23(12-14-26-22,17-7-5-4-6-8-17)27-20-9-10-21-18(16(20)2)11-13-25-21/h4-14,25-27H,3H2,1-2H3. The number of hydrogen-bond donors (Lipinski definition) is 3. The molecule has 28 heavy (non-hydrogen) atoms. The SMILES string of the molecule is CCOC1=C(C#N)C(Nc2ccc3[nH]ccc3c2C)(c2ccccc2)C=CN1. The van der Waals surface area contributed by atoms with Crippen molar-refractivity contribution in [3.05, 3.63) is 89.6 Å². The highest BCUT2D eigenvalue weighted by atomic mass is 16.5. The van der Waals surface area contributed by atoms with Crippen LogP contribution in [0.15, 0.2) is 78.5 Å². The third kappa shape index (κ3) is 2.80. The number of hydrogen-bond acceptors (Lipinski definition) is 4. The fourth-order valence-electron chi connectivity index (χ4n) is 3.72. The van der Waals surface area contributed by atoms with Crippen LogP contribution in [0.2, 0.25) is 0 Å². The average Bonchev–Trinajstić information content (AvgIpc) is 3.21. The molecule has 0 radical (unpaired) electrons. The summed E-state index contributed by atoms with van der Waals surface area (Å²) in [7, 11) is 0. The number of nitrogens with zero attached hydrogens (tertiary/aromatic N) is 1. The van der Waals surface area contributed by atoms with Gasteiger partial charge in [0.1, 0.15) is 17.2 Å². The molecule has 1 atom stereocenters. The van der Waals surface area contributed by atoms with E-state index in [0.717, 1.165) is 27.7 Å². The van der Waals surface area contributed by atoms with Gasteiger partial charge in [-0.2, -0.15) is 5.26 Å². The second-order valence-corrected chi connectivity index (χ2v) is 6.70. The van der Waals surface area contributed by atoms with Gasteiger partial charge in [0.25, 0.3) is 0 Å². The van der Waals surface area contributed by atoms with E-state index in [4.69, 9.17) is 4.74 Å². The van der Waals surface area contributed by atoms with E-state index >= 15 is 0 Å². The average molecular weight is 370 g/mol. The van der Waals surface area contributed by atoms with Crippen molar-refractivity contribution in [2.24, 2.45) is 0 Å². The molecular weight excluding hydrogens is 348 g/mol. The number of fused-ring (bicyclic) bond motifs is 1. The molecule has 1 aromatic heterocycles. The highest BCUT2D eigenvalue weighted by Crippen LogP contribution is 2.39. The van der Waals surface area contributed by atoms with Crippen molar-refractivity contribution in [2.45, 2.75) is 19.4 Å². The lowest BCUT2D eigenvalue weighted by molar-refractivity contribution is 0.206. The summed E-state index contributed by atoms with van der Waals surface area (Å²) in [4.78, 5) is 3.24. The van der Waals surface area contributed by atoms with Gasteiger partial charge in [-0.05, 0) is 49.2 Å². The van der Waals surface area contributed by atoms with Crippen molar-refractivity contribution < 1.29 is 4.74 Å². The van der Waals surface area contributed by atoms with Crippen LogP contribution in [-0.4, -0.2) is 11.6 Å². The number of anilines is 1. The summed E-state index contributed by atoms with van der Waals surface area (Å²) in [6.45, 7) is 4.46. The van der Waals surface area contributed by atoms with Crippen molar-refractivity contribution in [2.75, 3.05) is 11.9 Å². The highest BCUT2D eigenvalue weighted by Gasteiger charge is 2.39. The van der Waals surface area contributed by atoms with Gasteiger partial charge in [-0.3, -0.25) is 0 Å². The molecule has 0 fully saturated rings. The maximum atomic E-state index is 10.1. The number of H-pyrrole nitrogens is 1. The number of benzene rings is 2. The monoisotopic (exact) mass is 370 g/mol. The Bertz CT molecular complexity index is 1100. The molecule has 1 aliphatic rings. The van der Waals surface area contributed by atoms with Crippen LogP contribution in [0.4, 0.5) is 5.69 Å². The van der Waals surface area contributed by atoms with E-state index in [1.165, 1.54) is 0 Å². The number of rotatable bonds is 5. The minimum atomic E-state index is -0.833. The van der Waals surface area contributed by atoms with Crippen molar-refractivity contribution in [1.29, 1.82) is 5.26 Å². The van der Waals surface area contributed by atoms with Crippen molar-refractivity contribution >= 4 is 16.6 Å². The number of nitriles is 1. The molecule has 1 unspecified atom stereocenters.